The summed E-state index contributed by atoms with van der Waals surface area (Å²) in [4.78, 5) is 16.0. The Morgan fingerprint density at radius 1 is 1.53 bits per heavy atom. The van der Waals surface area contributed by atoms with Crippen LogP contribution in [0.15, 0.2) is 21.9 Å². The smallest absolute Gasteiger partial charge is 0.293 e. The van der Waals surface area contributed by atoms with E-state index in [0.29, 0.717) is 11.0 Å². The van der Waals surface area contributed by atoms with E-state index in [1.807, 2.05) is 19.2 Å². The molecule has 0 aromatic carbocycles. The Kier molecular flexibility index (Phi) is 3.14. The number of nitrogens with two attached hydrogens (primary N) is 1. The molecule has 5 nitrogen and oxygen atoms in total. The summed E-state index contributed by atoms with van der Waals surface area (Å²) in [7, 11) is 0. The van der Waals surface area contributed by atoms with Gasteiger partial charge < -0.3 is 10.2 Å². The van der Waals surface area contributed by atoms with Gasteiger partial charge >= 0.3 is 0 Å². The van der Waals surface area contributed by atoms with Crippen LogP contribution in [0.4, 0.5) is 11.0 Å². The Labute approximate surface area is 103 Å². The van der Waals surface area contributed by atoms with E-state index in [0.717, 1.165) is 5.69 Å². The summed E-state index contributed by atoms with van der Waals surface area (Å²) < 4.78 is 5.01. The zero-order chi connectivity index (χ0) is 12.4. The zero-order valence-electron chi connectivity index (χ0n) is 9.56. The molecule has 0 unspecified atom stereocenters. The van der Waals surface area contributed by atoms with Crippen LogP contribution in [0.5, 0.6) is 0 Å². The normalized spacial score (nSPS) is 10.8. The fourth-order valence-electron chi connectivity index (χ4n) is 1.24. The summed E-state index contributed by atoms with van der Waals surface area (Å²) in [5.74, 6) is 0.406. The van der Waals surface area contributed by atoms with Crippen molar-refractivity contribution in [3.05, 3.63) is 29.0 Å². The van der Waals surface area contributed by atoms with Crippen LogP contribution in [0.2, 0.25) is 0 Å². The molecular weight excluding hydrogens is 238 g/mol. The average Bonchev–Trinajstić information content (AvgIpc) is 2.86. The first kappa shape index (κ1) is 11.7. The van der Waals surface area contributed by atoms with Crippen molar-refractivity contribution in [1.29, 1.82) is 0 Å². The minimum Gasteiger partial charge on any atom is -0.436 e. The van der Waals surface area contributed by atoms with E-state index >= 15 is 0 Å². The van der Waals surface area contributed by atoms with Crippen molar-refractivity contribution >= 4 is 28.3 Å². The first-order chi connectivity index (χ1) is 8.06. The molecule has 17 heavy (non-hydrogen) atoms. The molecule has 2 aromatic heterocycles. The van der Waals surface area contributed by atoms with E-state index in [9.17, 15) is 4.79 Å². The van der Waals surface area contributed by atoms with Crippen molar-refractivity contribution in [2.45, 2.75) is 19.8 Å². The molecule has 0 saturated heterocycles. The van der Waals surface area contributed by atoms with Crippen LogP contribution < -0.4 is 11.1 Å². The lowest BCUT2D eigenvalue weighted by molar-refractivity contribution is 0.0997. The molecule has 2 heterocycles. The van der Waals surface area contributed by atoms with E-state index in [1.165, 1.54) is 23.5 Å². The van der Waals surface area contributed by atoms with Gasteiger partial charge in [0.25, 0.3) is 5.91 Å². The molecule has 0 aliphatic carbocycles. The summed E-state index contributed by atoms with van der Waals surface area (Å²) in [5.41, 5.74) is 6.36. The van der Waals surface area contributed by atoms with Crippen molar-refractivity contribution in [2.75, 3.05) is 11.1 Å². The summed E-state index contributed by atoms with van der Waals surface area (Å²) in [6.45, 7) is 4.10. The molecule has 0 bridgehead atoms. The van der Waals surface area contributed by atoms with E-state index in [4.69, 9.17) is 10.2 Å². The Balaban J connectivity index is 2.07. The van der Waals surface area contributed by atoms with Crippen LogP contribution in [0.3, 0.4) is 0 Å². The number of nitrogens with one attached hydrogen (secondary N) is 1. The Morgan fingerprint density at radius 2 is 2.29 bits per heavy atom. The lowest BCUT2D eigenvalue weighted by Gasteiger charge is -1.99. The van der Waals surface area contributed by atoms with Crippen LogP contribution >= 0.6 is 11.3 Å². The molecule has 0 aliphatic rings. The Hall–Kier alpha value is -1.82. The molecule has 0 fully saturated rings. The third-order valence-electron chi connectivity index (χ3n) is 2.18. The van der Waals surface area contributed by atoms with E-state index in [2.05, 4.69) is 10.3 Å². The second kappa shape index (κ2) is 4.58. The predicted molar refractivity (Wildman–Crippen MR) is 67.3 cm³/mol. The standard InChI is InChI=1S/C11H13N3O2S/c1-6(2)7-5-17-11(13-7)14-10(15)8-3-4-9(12)16-8/h3-6H,12H2,1-2H3,(H,13,14,15). The van der Waals surface area contributed by atoms with E-state index in [-0.39, 0.29) is 17.6 Å². The molecule has 2 rings (SSSR count). The number of aromatic nitrogens is 1. The van der Waals surface area contributed by atoms with Crippen molar-refractivity contribution in [3.8, 4) is 0 Å². The van der Waals surface area contributed by atoms with Gasteiger partial charge in [0.05, 0.1) is 5.69 Å². The minimum atomic E-state index is -0.341. The highest BCUT2D eigenvalue weighted by Gasteiger charge is 2.13. The van der Waals surface area contributed by atoms with Gasteiger partial charge in [-0.1, -0.05) is 13.8 Å². The summed E-state index contributed by atoms with van der Waals surface area (Å²) in [6.07, 6.45) is 0. The van der Waals surface area contributed by atoms with Crippen molar-refractivity contribution in [1.82, 2.24) is 4.98 Å². The fourth-order valence-corrected chi connectivity index (χ4v) is 2.11. The van der Waals surface area contributed by atoms with Crippen LogP contribution in [0, 0.1) is 0 Å². The molecule has 0 spiro atoms. The number of thiazole rings is 1. The van der Waals surface area contributed by atoms with Crippen LogP contribution in [0.1, 0.15) is 36.0 Å². The quantitative estimate of drug-likeness (QED) is 0.878. The molecule has 0 atom stereocenters. The number of carbonyl (C=O) groups excluding carboxylic acids is 1. The van der Waals surface area contributed by atoms with Gasteiger partial charge in [-0.05, 0) is 12.0 Å². The lowest BCUT2D eigenvalue weighted by atomic mass is 10.2. The van der Waals surface area contributed by atoms with Gasteiger partial charge in [-0.15, -0.1) is 11.3 Å². The minimum absolute atomic E-state index is 0.184. The fraction of sp³-hybridized carbons (Fsp3) is 0.273. The number of carbonyl (C=O) groups is 1. The number of amides is 1. The van der Waals surface area contributed by atoms with Crippen molar-refractivity contribution < 1.29 is 9.21 Å². The molecule has 0 aliphatic heterocycles. The van der Waals surface area contributed by atoms with Crippen molar-refractivity contribution in [2.24, 2.45) is 0 Å². The number of hydrogen-bond acceptors (Lipinski definition) is 5. The second-order valence-electron chi connectivity index (χ2n) is 3.89. The average molecular weight is 251 g/mol. The van der Waals surface area contributed by atoms with Gasteiger partial charge in [0.15, 0.2) is 16.8 Å². The highest BCUT2D eigenvalue weighted by atomic mass is 32.1. The maximum atomic E-state index is 11.7. The van der Waals surface area contributed by atoms with E-state index in [1.54, 1.807) is 0 Å². The number of furan rings is 1. The number of hydrogen-bond donors (Lipinski definition) is 2. The summed E-state index contributed by atoms with van der Waals surface area (Å²) in [6, 6.07) is 3.07. The van der Waals surface area contributed by atoms with Gasteiger partial charge in [-0.2, -0.15) is 0 Å². The first-order valence-electron chi connectivity index (χ1n) is 5.18. The van der Waals surface area contributed by atoms with Gasteiger partial charge in [-0.3, -0.25) is 10.1 Å². The molecule has 90 valence electrons. The predicted octanol–water partition coefficient (Wildman–Crippen LogP) is 2.69. The van der Waals surface area contributed by atoms with Gasteiger partial charge in [0.2, 0.25) is 0 Å². The third-order valence-corrected chi connectivity index (χ3v) is 2.96. The Morgan fingerprint density at radius 3 is 2.82 bits per heavy atom. The molecule has 2 aromatic rings. The summed E-state index contributed by atoms with van der Waals surface area (Å²) >= 11 is 1.39. The topological polar surface area (TPSA) is 81.2 Å². The molecule has 0 radical (unpaired) electrons. The molecular formula is C11H13N3O2S. The third kappa shape index (κ3) is 2.65. The monoisotopic (exact) mass is 251 g/mol. The largest absolute Gasteiger partial charge is 0.436 e. The number of rotatable bonds is 3. The van der Waals surface area contributed by atoms with Crippen molar-refractivity contribution in [3.63, 3.8) is 0 Å². The number of nitrogen functional groups attached to an aromatic ring is 1. The number of anilines is 2. The molecule has 0 saturated carbocycles. The number of nitrogens with zero attached hydrogens (tertiary/aromatic N) is 1. The zero-order valence-corrected chi connectivity index (χ0v) is 10.4. The second-order valence-corrected chi connectivity index (χ2v) is 4.75. The maximum absolute atomic E-state index is 11.7. The Bertz CT molecular complexity index is 530. The van der Waals surface area contributed by atoms with Crippen LogP contribution in [-0.2, 0) is 0 Å². The van der Waals surface area contributed by atoms with Crippen LogP contribution in [-0.4, -0.2) is 10.9 Å². The first-order valence-corrected chi connectivity index (χ1v) is 6.06. The SMILES string of the molecule is CC(C)c1csc(NC(=O)c2ccc(N)o2)n1. The highest BCUT2D eigenvalue weighted by molar-refractivity contribution is 7.14. The lowest BCUT2D eigenvalue weighted by Crippen LogP contribution is -2.10. The van der Waals surface area contributed by atoms with E-state index < -0.39 is 0 Å². The molecule has 3 N–H and O–H groups in total. The van der Waals surface area contributed by atoms with Gasteiger partial charge in [0, 0.05) is 11.4 Å². The maximum Gasteiger partial charge on any atom is 0.293 e. The molecule has 6 heteroatoms. The highest BCUT2D eigenvalue weighted by Crippen LogP contribution is 2.22. The van der Waals surface area contributed by atoms with Crippen LogP contribution in [0.25, 0.3) is 0 Å². The molecule has 1 amide bonds. The van der Waals surface area contributed by atoms with Gasteiger partial charge in [0.1, 0.15) is 0 Å². The van der Waals surface area contributed by atoms with Gasteiger partial charge in [-0.25, -0.2) is 4.98 Å². The summed E-state index contributed by atoms with van der Waals surface area (Å²) in [5, 5.41) is 5.16.